The Morgan fingerprint density at radius 3 is 2.78 bits per heavy atom. The second kappa shape index (κ2) is 6.81. The average Bonchev–Trinajstić information content (AvgIpc) is 2.96. The summed E-state index contributed by atoms with van der Waals surface area (Å²) in [7, 11) is 0. The fourth-order valence-corrected chi connectivity index (χ4v) is 3.06. The van der Waals surface area contributed by atoms with E-state index in [0.29, 0.717) is 6.42 Å². The minimum atomic E-state index is -0.518. The Balaban J connectivity index is 2.15. The van der Waals surface area contributed by atoms with Gasteiger partial charge in [-0.25, -0.2) is 8.78 Å². The van der Waals surface area contributed by atoms with Crippen molar-refractivity contribution < 1.29 is 8.78 Å². The smallest absolute Gasteiger partial charge is 0.128 e. The van der Waals surface area contributed by atoms with Gasteiger partial charge in [0, 0.05) is 44.0 Å². The monoisotopic (exact) mass is 438 g/mol. The van der Waals surface area contributed by atoms with Gasteiger partial charge in [-0.15, -0.1) is 0 Å². The summed E-state index contributed by atoms with van der Waals surface area (Å²) in [4.78, 5) is 2.61. The molecule has 23 heavy (non-hydrogen) atoms. The van der Waals surface area contributed by atoms with Gasteiger partial charge in [0.05, 0.1) is 6.04 Å². The Kier molecular flexibility index (Phi) is 4.79. The van der Waals surface area contributed by atoms with E-state index >= 15 is 0 Å². The van der Waals surface area contributed by atoms with E-state index in [4.69, 9.17) is 0 Å². The molecule has 116 valence electrons. The van der Waals surface area contributed by atoms with E-state index in [1.54, 1.807) is 4.68 Å². The van der Waals surface area contributed by atoms with Crippen molar-refractivity contribution in [2.24, 2.45) is 0 Å². The summed E-state index contributed by atoms with van der Waals surface area (Å²) >= 11 is 6.49. The van der Waals surface area contributed by atoms with Crippen molar-refractivity contribution in [1.82, 2.24) is 9.78 Å². The van der Waals surface area contributed by atoms with Crippen molar-refractivity contribution >= 4 is 42.8 Å². The highest BCUT2D eigenvalue weighted by Crippen LogP contribution is 2.29. The normalized spacial score (nSPS) is 12.0. The fourth-order valence-electron chi connectivity index (χ4n) is 2.44. The van der Waals surface area contributed by atoms with E-state index < -0.39 is 17.7 Å². The van der Waals surface area contributed by atoms with Crippen LogP contribution in [0.2, 0.25) is 0 Å². The predicted octanol–water partition coefficient (Wildman–Crippen LogP) is 5.41. The summed E-state index contributed by atoms with van der Waals surface area (Å²) < 4.78 is 30.2. The number of nitrogens with zero attached hydrogens (tertiary/aromatic N) is 2. The highest BCUT2D eigenvalue weighted by Gasteiger charge is 2.20. The molecular weight excluding hydrogens is 430 g/mol. The van der Waals surface area contributed by atoms with Crippen LogP contribution in [0.15, 0.2) is 47.1 Å². The second-order valence-corrected chi connectivity index (χ2v) is 6.19. The highest BCUT2D eigenvalue weighted by atomic mass is 79.9. The van der Waals surface area contributed by atoms with E-state index in [9.17, 15) is 8.78 Å². The van der Waals surface area contributed by atoms with Crippen LogP contribution in [0.3, 0.4) is 0 Å². The summed E-state index contributed by atoms with van der Waals surface area (Å²) in [6.45, 7) is 0. The standard InChI is InChI=1S/C17H10Br2F2N2/c18-8-2-5-16(13-9-12(20)6-7-15(13)21)23-10-11-3-1-4-14(19)17(11)22-23/h1,3-4,6-7,9-10,16H,5H2. The maximum absolute atomic E-state index is 14.2. The summed E-state index contributed by atoms with van der Waals surface area (Å²) in [5.74, 6) is 1.89. The molecule has 0 bridgehead atoms. The molecule has 0 radical (unpaired) electrons. The van der Waals surface area contributed by atoms with Crippen LogP contribution in [0.25, 0.3) is 10.9 Å². The number of fused-ring (bicyclic) bond motifs is 1. The van der Waals surface area contributed by atoms with Gasteiger partial charge in [0.15, 0.2) is 0 Å². The molecule has 2 aromatic carbocycles. The van der Waals surface area contributed by atoms with Gasteiger partial charge in [-0.05, 0) is 45.0 Å². The maximum atomic E-state index is 14.2. The Morgan fingerprint density at radius 1 is 1.22 bits per heavy atom. The van der Waals surface area contributed by atoms with Gasteiger partial charge < -0.3 is 0 Å². The molecule has 6 heteroatoms. The number of rotatable bonds is 3. The van der Waals surface area contributed by atoms with E-state index in [2.05, 4.69) is 47.7 Å². The van der Waals surface area contributed by atoms with Crippen molar-refractivity contribution in [3.05, 3.63) is 64.3 Å². The molecule has 0 aliphatic carbocycles. The zero-order valence-corrected chi connectivity index (χ0v) is 14.9. The van der Waals surface area contributed by atoms with Gasteiger partial charge in [0.2, 0.25) is 0 Å². The number of halogens is 4. The fraction of sp³-hybridized carbons (Fsp3) is 0.118. The summed E-state index contributed by atoms with van der Waals surface area (Å²) in [5.41, 5.74) is 0.991. The predicted molar refractivity (Wildman–Crippen MR) is 93.3 cm³/mol. The number of aromatic nitrogens is 2. The van der Waals surface area contributed by atoms with Crippen LogP contribution < -0.4 is 0 Å². The number of hydrogen-bond acceptors (Lipinski definition) is 1. The van der Waals surface area contributed by atoms with E-state index in [1.165, 1.54) is 6.07 Å². The van der Waals surface area contributed by atoms with Crippen LogP contribution in [-0.4, -0.2) is 9.78 Å². The van der Waals surface area contributed by atoms with Gasteiger partial charge in [-0.2, -0.15) is 5.10 Å². The number of hydrogen-bond donors (Lipinski definition) is 0. The van der Waals surface area contributed by atoms with Crippen molar-refractivity contribution in [2.45, 2.75) is 12.5 Å². The van der Waals surface area contributed by atoms with Crippen LogP contribution in [0.1, 0.15) is 18.0 Å². The van der Waals surface area contributed by atoms with Crippen molar-refractivity contribution in [3.8, 4) is 10.8 Å². The van der Waals surface area contributed by atoms with Gasteiger partial charge in [-0.3, -0.25) is 4.68 Å². The highest BCUT2D eigenvalue weighted by molar-refractivity contribution is 9.12. The lowest BCUT2D eigenvalue weighted by Gasteiger charge is -2.16. The van der Waals surface area contributed by atoms with Crippen LogP contribution >= 0.6 is 31.9 Å². The second-order valence-electron chi connectivity index (χ2n) is 4.94. The molecule has 0 saturated heterocycles. The molecule has 0 aliphatic heterocycles. The molecule has 0 fully saturated rings. The zero-order valence-electron chi connectivity index (χ0n) is 11.7. The lowest BCUT2D eigenvalue weighted by atomic mass is 10.0. The minimum Gasteiger partial charge on any atom is -0.263 e. The van der Waals surface area contributed by atoms with Crippen molar-refractivity contribution in [1.29, 1.82) is 0 Å². The SMILES string of the molecule is Fc1ccc(F)c(C(CC#CBr)n2cc3cccc(Br)c3n2)c1. The quantitative estimate of drug-likeness (QED) is 0.498. The lowest BCUT2D eigenvalue weighted by Crippen LogP contribution is -2.13. The summed E-state index contributed by atoms with van der Waals surface area (Å²) in [5, 5.41) is 5.42. The molecule has 1 aromatic heterocycles. The molecule has 0 spiro atoms. The van der Waals surface area contributed by atoms with Gasteiger partial charge in [0.25, 0.3) is 0 Å². The molecule has 3 aromatic rings. The van der Waals surface area contributed by atoms with Crippen LogP contribution in [-0.2, 0) is 0 Å². The van der Waals surface area contributed by atoms with Gasteiger partial charge >= 0.3 is 0 Å². The first-order valence-electron chi connectivity index (χ1n) is 6.77. The number of benzene rings is 2. The Hall–Kier alpha value is -1.71. The largest absolute Gasteiger partial charge is 0.263 e. The first-order chi connectivity index (χ1) is 11.1. The molecule has 1 unspecified atom stereocenters. The molecule has 3 rings (SSSR count). The van der Waals surface area contributed by atoms with Crippen molar-refractivity contribution in [3.63, 3.8) is 0 Å². The molecule has 0 aliphatic rings. The third-order valence-electron chi connectivity index (χ3n) is 3.50. The third kappa shape index (κ3) is 3.31. The van der Waals surface area contributed by atoms with Crippen LogP contribution in [0.5, 0.6) is 0 Å². The van der Waals surface area contributed by atoms with E-state index in [0.717, 1.165) is 27.5 Å². The molecular formula is C17H10Br2F2N2. The van der Waals surface area contributed by atoms with Crippen molar-refractivity contribution in [2.75, 3.05) is 0 Å². The molecule has 1 atom stereocenters. The molecule has 1 heterocycles. The first kappa shape index (κ1) is 16.2. The van der Waals surface area contributed by atoms with Crippen LogP contribution in [0.4, 0.5) is 8.78 Å². The Labute approximate surface area is 148 Å². The maximum Gasteiger partial charge on any atom is 0.128 e. The van der Waals surface area contributed by atoms with Crippen LogP contribution in [0, 0.1) is 22.4 Å². The summed E-state index contributed by atoms with van der Waals surface area (Å²) in [6.07, 6.45) is 2.11. The molecule has 0 saturated carbocycles. The molecule has 0 amide bonds. The third-order valence-corrected chi connectivity index (χ3v) is 4.42. The Morgan fingerprint density at radius 2 is 2.04 bits per heavy atom. The molecule has 0 N–H and O–H groups in total. The molecule has 2 nitrogen and oxygen atoms in total. The zero-order chi connectivity index (χ0) is 16.4. The average molecular weight is 440 g/mol. The van der Waals surface area contributed by atoms with E-state index in [1.807, 2.05) is 24.4 Å². The van der Waals surface area contributed by atoms with E-state index in [-0.39, 0.29) is 5.56 Å². The summed E-state index contributed by atoms with van der Waals surface area (Å²) in [6, 6.07) is 8.59. The first-order valence-corrected chi connectivity index (χ1v) is 8.35. The Bertz CT molecular complexity index is 925. The van der Waals surface area contributed by atoms with Gasteiger partial charge in [-0.1, -0.05) is 18.1 Å². The topological polar surface area (TPSA) is 17.8 Å². The lowest BCUT2D eigenvalue weighted by molar-refractivity contribution is 0.495. The minimum absolute atomic E-state index is 0.226. The van der Waals surface area contributed by atoms with Gasteiger partial charge in [0.1, 0.15) is 17.2 Å².